The number of carbonyl (C=O) groups excluding carboxylic acids is 2. The van der Waals surface area contributed by atoms with Crippen molar-refractivity contribution >= 4 is 19.8 Å². The van der Waals surface area contributed by atoms with Gasteiger partial charge in [0, 0.05) is 19.4 Å². The summed E-state index contributed by atoms with van der Waals surface area (Å²) in [5, 5.41) is 0. The fourth-order valence-electron chi connectivity index (χ4n) is 13.6. The molecule has 0 aliphatic carbocycles. The molecule has 0 aromatic heterocycles. The zero-order valence-corrected chi connectivity index (χ0v) is 66.0. The van der Waals surface area contributed by atoms with Crippen LogP contribution in [0.25, 0.3) is 0 Å². The molecule has 0 fully saturated rings. The van der Waals surface area contributed by atoms with E-state index in [2.05, 4.69) is 50.3 Å². The van der Waals surface area contributed by atoms with Crippen LogP contribution in [0.1, 0.15) is 476 Å². The minimum atomic E-state index is -4.39. The van der Waals surface area contributed by atoms with E-state index < -0.39 is 26.5 Å². The number of esters is 2. The highest BCUT2D eigenvalue weighted by molar-refractivity contribution is 7.47. The van der Waals surface area contributed by atoms with E-state index in [1.165, 1.54) is 405 Å². The topological polar surface area (TPSA) is 134 Å². The van der Waals surface area contributed by atoms with E-state index >= 15 is 0 Å². The second-order valence-corrected chi connectivity index (χ2v) is 31.2. The van der Waals surface area contributed by atoms with Crippen molar-refractivity contribution in [2.75, 3.05) is 26.4 Å². The Kier molecular flexibility index (Phi) is 81.7. The molecular formula is C87H168NO8P. The molecule has 2 atom stereocenters. The number of phosphoric ester groups is 1. The molecule has 574 valence electrons. The van der Waals surface area contributed by atoms with Crippen LogP contribution >= 0.6 is 7.82 Å². The summed E-state index contributed by atoms with van der Waals surface area (Å²) in [6.07, 6.45) is 108. The molecule has 0 spiro atoms. The van der Waals surface area contributed by atoms with Gasteiger partial charge in [-0.2, -0.15) is 0 Å². The van der Waals surface area contributed by atoms with Gasteiger partial charge in [-0.1, -0.05) is 429 Å². The predicted octanol–water partition coefficient (Wildman–Crippen LogP) is 29.3. The maximum atomic E-state index is 12.8. The van der Waals surface area contributed by atoms with E-state index in [9.17, 15) is 19.0 Å². The van der Waals surface area contributed by atoms with Gasteiger partial charge < -0.3 is 20.1 Å². The van der Waals surface area contributed by atoms with Crippen LogP contribution in [0.4, 0.5) is 0 Å². The minimum absolute atomic E-state index is 0.0572. The van der Waals surface area contributed by atoms with E-state index in [1.807, 2.05) is 0 Å². The summed E-state index contributed by atoms with van der Waals surface area (Å²) < 4.78 is 33.3. The SMILES string of the molecule is CCCCCCC/C=C\C/C=C\CCCCCCCCCCCCCCCCCCCCCCCCCCCCCC(=O)OC(COC(=O)CCCCCCCCCCCCCCCCCCCCCCCCCCC/C=C\CCCCCCCCCC)COP(=O)(O)OCCN. The Morgan fingerprint density at radius 1 is 0.309 bits per heavy atom. The van der Waals surface area contributed by atoms with Crippen molar-refractivity contribution in [3.63, 3.8) is 0 Å². The van der Waals surface area contributed by atoms with Gasteiger partial charge in [0.15, 0.2) is 6.10 Å². The number of ether oxygens (including phenoxy) is 2. The Morgan fingerprint density at radius 2 is 0.536 bits per heavy atom. The normalized spacial score (nSPS) is 12.9. The van der Waals surface area contributed by atoms with E-state index in [1.54, 1.807) is 0 Å². The number of allylic oxidation sites excluding steroid dienone is 6. The number of carbonyl (C=O) groups is 2. The van der Waals surface area contributed by atoms with Crippen LogP contribution in [0.3, 0.4) is 0 Å². The van der Waals surface area contributed by atoms with E-state index in [4.69, 9.17) is 24.3 Å². The van der Waals surface area contributed by atoms with Crippen LogP contribution < -0.4 is 5.73 Å². The summed E-state index contributed by atoms with van der Waals surface area (Å²) in [6, 6.07) is 0. The lowest BCUT2D eigenvalue weighted by Crippen LogP contribution is -2.29. The van der Waals surface area contributed by atoms with Crippen LogP contribution in [0.2, 0.25) is 0 Å². The summed E-state index contributed by atoms with van der Waals surface area (Å²) in [6.45, 7) is 3.83. The second kappa shape index (κ2) is 83.2. The lowest BCUT2D eigenvalue weighted by atomic mass is 10.0. The maximum absolute atomic E-state index is 12.8. The Morgan fingerprint density at radius 3 is 0.794 bits per heavy atom. The summed E-state index contributed by atoms with van der Waals surface area (Å²) in [5.41, 5.74) is 5.42. The maximum Gasteiger partial charge on any atom is 0.472 e. The van der Waals surface area contributed by atoms with E-state index in [0.29, 0.717) is 6.42 Å². The van der Waals surface area contributed by atoms with Gasteiger partial charge >= 0.3 is 19.8 Å². The molecule has 0 rings (SSSR count). The molecule has 0 radical (unpaired) electrons. The molecule has 97 heavy (non-hydrogen) atoms. The number of nitrogens with two attached hydrogens (primary N) is 1. The van der Waals surface area contributed by atoms with Crippen molar-refractivity contribution in [3.8, 4) is 0 Å². The summed E-state index contributed by atoms with van der Waals surface area (Å²) >= 11 is 0. The molecule has 2 unspecified atom stereocenters. The third-order valence-corrected chi connectivity index (χ3v) is 21.0. The molecule has 0 aliphatic rings. The highest BCUT2D eigenvalue weighted by Gasteiger charge is 2.26. The third kappa shape index (κ3) is 83.1. The average Bonchev–Trinajstić information content (AvgIpc) is 2.88. The van der Waals surface area contributed by atoms with Crippen molar-refractivity contribution in [2.45, 2.75) is 482 Å². The lowest BCUT2D eigenvalue weighted by Gasteiger charge is -2.19. The Bertz CT molecular complexity index is 1690. The molecule has 9 nitrogen and oxygen atoms in total. The Hall–Kier alpha value is -1.77. The van der Waals surface area contributed by atoms with Crippen LogP contribution in [0, 0.1) is 0 Å². The predicted molar refractivity (Wildman–Crippen MR) is 423 cm³/mol. The van der Waals surface area contributed by atoms with E-state index in [-0.39, 0.29) is 38.6 Å². The summed E-state index contributed by atoms with van der Waals surface area (Å²) in [4.78, 5) is 35.5. The molecule has 0 aliphatic heterocycles. The molecule has 10 heteroatoms. The fourth-order valence-corrected chi connectivity index (χ4v) is 14.3. The van der Waals surface area contributed by atoms with Gasteiger partial charge in [-0.05, 0) is 70.6 Å². The minimum Gasteiger partial charge on any atom is -0.462 e. The zero-order valence-electron chi connectivity index (χ0n) is 65.1. The molecule has 0 bridgehead atoms. The molecule has 0 amide bonds. The van der Waals surface area contributed by atoms with Crippen molar-refractivity contribution < 1.29 is 37.6 Å². The van der Waals surface area contributed by atoms with Gasteiger partial charge in [-0.3, -0.25) is 18.6 Å². The molecule has 3 N–H and O–H groups in total. The van der Waals surface area contributed by atoms with Crippen LogP contribution in [0.15, 0.2) is 36.5 Å². The molecule has 0 heterocycles. The van der Waals surface area contributed by atoms with Gasteiger partial charge in [0.05, 0.1) is 13.2 Å². The summed E-state index contributed by atoms with van der Waals surface area (Å²) in [7, 11) is -4.39. The van der Waals surface area contributed by atoms with Gasteiger partial charge in [-0.25, -0.2) is 4.57 Å². The Balaban J connectivity index is 3.70. The number of hydrogen-bond donors (Lipinski definition) is 2. The number of hydrogen-bond acceptors (Lipinski definition) is 8. The van der Waals surface area contributed by atoms with Crippen molar-refractivity contribution in [2.24, 2.45) is 5.73 Å². The number of phosphoric acid groups is 1. The standard InChI is InChI=1S/C87H168NO8P/c1-3-5-7-9-11-13-15-17-19-21-23-25-27-29-31-33-35-37-39-41-42-44-46-48-50-52-54-56-58-60-62-64-66-68-70-72-74-76-78-80-87(90)96-85(84-95-97(91,92)94-82-81-88)83-93-86(89)79-77-75-73-71-69-67-65-63-61-59-57-55-53-51-49-47-45-43-40-38-36-34-32-30-28-26-24-22-20-18-16-14-12-10-8-6-4-2/h15,17,21-24,85H,3-14,16,18-20,25-84,88H2,1-2H3,(H,91,92)/b17-15-,23-21-,24-22-. The second-order valence-electron chi connectivity index (χ2n) is 29.8. The first-order chi connectivity index (χ1) is 47.8. The monoisotopic (exact) mass is 1390 g/mol. The zero-order chi connectivity index (χ0) is 70.0. The number of unbranched alkanes of at least 4 members (excludes halogenated alkanes) is 65. The number of rotatable bonds is 84. The van der Waals surface area contributed by atoms with Crippen molar-refractivity contribution in [1.82, 2.24) is 0 Å². The highest BCUT2D eigenvalue weighted by atomic mass is 31.2. The summed E-state index contributed by atoms with van der Waals surface area (Å²) in [5.74, 6) is -0.797. The molecule has 0 aromatic rings. The molecule has 0 saturated carbocycles. The lowest BCUT2D eigenvalue weighted by molar-refractivity contribution is -0.161. The first kappa shape index (κ1) is 95.2. The van der Waals surface area contributed by atoms with Gasteiger partial charge in [0.2, 0.25) is 0 Å². The largest absolute Gasteiger partial charge is 0.472 e. The third-order valence-electron chi connectivity index (χ3n) is 20.0. The molecular weight excluding hydrogens is 1220 g/mol. The van der Waals surface area contributed by atoms with Crippen LogP contribution in [0.5, 0.6) is 0 Å². The van der Waals surface area contributed by atoms with Crippen LogP contribution in [-0.2, 0) is 32.7 Å². The van der Waals surface area contributed by atoms with Gasteiger partial charge in [0.1, 0.15) is 6.61 Å². The van der Waals surface area contributed by atoms with E-state index in [0.717, 1.165) is 38.5 Å². The quantitative estimate of drug-likeness (QED) is 0.0264. The van der Waals surface area contributed by atoms with Gasteiger partial charge in [-0.15, -0.1) is 0 Å². The molecule has 0 aromatic carbocycles. The first-order valence-corrected chi connectivity index (χ1v) is 45.0. The average molecular weight is 1390 g/mol. The fraction of sp³-hybridized carbons (Fsp3) is 0.908. The van der Waals surface area contributed by atoms with Crippen molar-refractivity contribution in [1.29, 1.82) is 0 Å². The smallest absolute Gasteiger partial charge is 0.462 e. The van der Waals surface area contributed by atoms with Crippen LogP contribution in [-0.4, -0.2) is 49.3 Å². The van der Waals surface area contributed by atoms with Gasteiger partial charge in [0.25, 0.3) is 0 Å². The molecule has 0 saturated heterocycles. The van der Waals surface area contributed by atoms with Crippen molar-refractivity contribution in [3.05, 3.63) is 36.5 Å². The first-order valence-electron chi connectivity index (χ1n) is 43.5. The highest BCUT2D eigenvalue weighted by Crippen LogP contribution is 2.43. The Labute approximate surface area is 605 Å².